The monoisotopic (exact) mass is 395 g/mol. The molecule has 2 heterocycles. The molecule has 2 aliphatic rings. The van der Waals surface area contributed by atoms with E-state index in [0.717, 1.165) is 49.2 Å². The second kappa shape index (κ2) is 9.08. The lowest BCUT2D eigenvalue weighted by Crippen LogP contribution is -2.33. The van der Waals surface area contributed by atoms with Crippen LogP contribution < -0.4 is 5.32 Å². The topological polar surface area (TPSA) is 63.1 Å². The number of aromatic nitrogens is 3. The van der Waals surface area contributed by atoms with Crippen LogP contribution in [0.3, 0.4) is 0 Å². The van der Waals surface area contributed by atoms with E-state index in [-0.39, 0.29) is 11.9 Å². The number of nitrogens with zero attached hydrogens (tertiary/aromatic N) is 4. The molecule has 1 aliphatic carbocycles. The van der Waals surface area contributed by atoms with E-state index in [4.69, 9.17) is 0 Å². The summed E-state index contributed by atoms with van der Waals surface area (Å²) in [5.41, 5.74) is 1.70. The highest BCUT2D eigenvalue weighted by Crippen LogP contribution is 2.25. The number of amides is 1. The van der Waals surface area contributed by atoms with Crippen molar-refractivity contribution in [1.82, 2.24) is 25.0 Å². The summed E-state index contributed by atoms with van der Waals surface area (Å²) in [6, 6.07) is 7.51. The van der Waals surface area contributed by atoms with Crippen LogP contribution in [0.15, 0.2) is 24.3 Å². The molecule has 1 N–H and O–H groups in total. The summed E-state index contributed by atoms with van der Waals surface area (Å²) in [4.78, 5) is 15.3. The van der Waals surface area contributed by atoms with Gasteiger partial charge >= 0.3 is 0 Å². The molecule has 1 unspecified atom stereocenters. The lowest BCUT2D eigenvalue weighted by Gasteiger charge is -2.28. The molecule has 0 spiro atoms. The number of aryl methyl sites for hydroxylation is 1. The summed E-state index contributed by atoms with van der Waals surface area (Å²) in [7, 11) is 0. The van der Waals surface area contributed by atoms with Crippen LogP contribution in [-0.4, -0.2) is 45.2 Å². The first-order chi connectivity index (χ1) is 14.1. The summed E-state index contributed by atoms with van der Waals surface area (Å²) in [5, 5.41) is 12.0. The van der Waals surface area contributed by atoms with Crippen LogP contribution in [0.25, 0.3) is 0 Å². The first kappa shape index (κ1) is 20.1. The first-order valence-electron chi connectivity index (χ1n) is 11.1. The maximum absolute atomic E-state index is 12.7. The zero-order valence-corrected chi connectivity index (χ0v) is 17.7. The van der Waals surface area contributed by atoms with Crippen molar-refractivity contribution in [1.29, 1.82) is 0 Å². The molecule has 1 aliphatic heterocycles. The van der Waals surface area contributed by atoms with Crippen molar-refractivity contribution in [2.45, 2.75) is 65.0 Å². The van der Waals surface area contributed by atoms with Gasteiger partial charge in [-0.15, -0.1) is 10.2 Å². The van der Waals surface area contributed by atoms with E-state index in [9.17, 15) is 4.79 Å². The minimum atomic E-state index is -0.173. The lowest BCUT2D eigenvalue weighted by atomic mass is 9.89. The molecular weight excluding hydrogens is 362 g/mol. The van der Waals surface area contributed by atoms with E-state index in [2.05, 4.69) is 25.0 Å². The molecule has 6 nitrogen and oxygen atoms in total. The number of benzene rings is 1. The summed E-state index contributed by atoms with van der Waals surface area (Å²) in [6.07, 6.45) is 7.90. The molecule has 156 valence electrons. The fraction of sp³-hybridized carbons (Fsp3) is 0.609. The zero-order chi connectivity index (χ0) is 20.2. The Labute approximate surface area is 173 Å². The molecule has 2 aromatic rings. The standard InChI is InChI=1S/C23H33N5O/c1-17-8-6-7-11-20(17)23(29)24-18(2)22-26-25-21-12-13-27(14-15-28(21)22)16-19-9-4-3-5-10-19/h6-8,11,18-19H,3-5,9-10,12-16H2,1-2H3,(H,24,29). The Hall–Kier alpha value is -2.21. The number of nitrogens with one attached hydrogen (secondary N) is 1. The zero-order valence-electron chi connectivity index (χ0n) is 17.7. The summed E-state index contributed by atoms with van der Waals surface area (Å²) in [6.45, 7) is 8.16. The molecule has 1 atom stereocenters. The third kappa shape index (κ3) is 4.69. The molecule has 4 rings (SSSR count). The molecule has 1 aromatic carbocycles. The number of fused-ring (bicyclic) bond motifs is 1. The van der Waals surface area contributed by atoms with E-state index in [0.29, 0.717) is 5.56 Å². The Morgan fingerprint density at radius 2 is 1.93 bits per heavy atom. The lowest BCUT2D eigenvalue weighted by molar-refractivity contribution is 0.0936. The number of rotatable bonds is 5. The molecule has 1 aromatic heterocycles. The maximum atomic E-state index is 12.7. The van der Waals surface area contributed by atoms with Gasteiger partial charge in [0.2, 0.25) is 0 Å². The van der Waals surface area contributed by atoms with Gasteiger partial charge < -0.3 is 14.8 Å². The molecule has 1 amide bonds. The van der Waals surface area contributed by atoms with Gasteiger partial charge in [0.25, 0.3) is 5.91 Å². The van der Waals surface area contributed by atoms with E-state index >= 15 is 0 Å². The summed E-state index contributed by atoms with van der Waals surface area (Å²) in [5.74, 6) is 2.71. The molecule has 0 bridgehead atoms. The van der Waals surface area contributed by atoms with Crippen molar-refractivity contribution in [2.24, 2.45) is 5.92 Å². The molecule has 0 saturated heterocycles. The van der Waals surface area contributed by atoms with Crippen LogP contribution in [0.4, 0.5) is 0 Å². The Morgan fingerprint density at radius 1 is 1.14 bits per heavy atom. The fourth-order valence-corrected chi connectivity index (χ4v) is 4.79. The Kier molecular flexibility index (Phi) is 6.28. The molecule has 6 heteroatoms. The van der Waals surface area contributed by atoms with Crippen molar-refractivity contribution in [2.75, 3.05) is 19.6 Å². The number of hydrogen-bond donors (Lipinski definition) is 1. The largest absolute Gasteiger partial charge is 0.342 e. The highest BCUT2D eigenvalue weighted by Gasteiger charge is 2.25. The van der Waals surface area contributed by atoms with Gasteiger partial charge in [-0.05, 0) is 44.2 Å². The van der Waals surface area contributed by atoms with Crippen molar-refractivity contribution in [3.05, 3.63) is 47.0 Å². The fourth-order valence-electron chi connectivity index (χ4n) is 4.79. The van der Waals surface area contributed by atoms with Crippen LogP contribution >= 0.6 is 0 Å². The van der Waals surface area contributed by atoms with Gasteiger partial charge in [0.05, 0.1) is 6.04 Å². The predicted octanol–water partition coefficient (Wildman–Crippen LogP) is 3.52. The minimum absolute atomic E-state index is 0.0551. The van der Waals surface area contributed by atoms with Crippen molar-refractivity contribution >= 4 is 5.91 Å². The number of carbonyl (C=O) groups is 1. The van der Waals surface area contributed by atoms with E-state index < -0.39 is 0 Å². The van der Waals surface area contributed by atoms with Crippen LogP contribution in [0.1, 0.15) is 72.6 Å². The minimum Gasteiger partial charge on any atom is -0.342 e. The average Bonchev–Trinajstić information content (AvgIpc) is 3.04. The molecule has 1 fully saturated rings. The van der Waals surface area contributed by atoms with Gasteiger partial charge in [0.15, 0.2) is 5.82 Å². The highest BCUT2D eigenvalue weighted by atomic mass is 16.1. The molecular formula is C23H33N5O. The number of carbonyl (C=O) groups excluding carboxylic acids is 1. The van der Waals surface area contributed by atoms with Crippen molar-refractivity contribution in [3.63, 3.8) is 0 Å². The van der Waals surface area contributed by atoms with Gasteiger partial charge in [-0.3, -0.25) is 4.79 Å². The molecule has 29 heavy (non-hydrogen) atoms. The van der Waals surface area contributed by atoms with Crippen molar-refractivity contribution < 1.29 is 4.79 Å². The average molecular weight is 396 g/mol. The van der Waals surface area contributed by atoms with E-state index in [1.54, 1.807) is 0 Å². The Morgan fingerprint density at radius 3 is 2.72 bits per heavy atom. The van der Waals surface area contributed by atoms with Crippen molar-refractivity contribution in [3.8, 4) is 0 Å². The van der Waals surface area contributed by atoms with Gasteiger partial charge in [-0.1, -0.05) is 37.5 Å². The van der Waals surface area contributed by atoms with Crippen LogP contribution in [0, 0.1) is 12.8 Å². The molecule has 0 radical (unpaired) electrons. The SMILES string of the molecule is Cc1ccccc1C(=O)NC(C)c1nnc2n1CCN(CC1CCCCC1)CC2. The van der Waals surface area contributed by atoms with E-state index in [1.807, 2.05) is 38.1 Å². The highest BCUT2D eigenvalue weighted by molar-refractivity contribution is 5.95. The van der Waals surface area contributed by atoms with Gasteiger partial charge in [-0.25, -0.2) is 0 Å². The normalized spacial score (nSPS) is 19.4. The first-order valence-corrected chi connectivity index (χ1v) is 11.1. The second-order valence-corrected chi connectivity index (χ2v) is 8.69. The summed E-state index contributed by atoms with van der Waals surface area (Å²) >= 11 is 0. The smallest absolute Gasteiger partial charge is 0.252 e. The Balaban J connectivity index is 1.39. The predicted molar refractivity (Wildman–Crippen MR) is 114 cm³/mol. The van der Waals surface area contributed by atoms with Gasteiger partial charge in [-0.2, -0.15) is 0 Å². The second-order valence-electron chi connectivity index (χ2n) is 8.69. The number of hydrogen-bond acceptors (Lipinski definition) is 4. The summed E-state index contributed by atoms with van der Waals surface area (Å²) < 4.78 is 2.23. The van der Waals surface area contributed by atoms with E-state index in [1.165, 1.54) is 38.6 Å². The van der Waals surface area contributed by atoms with Crippen LogP contribution in [0.5, 0.6) is 0 Å². The van der Waals surface area contributed by atoms with Gasteiger partial charge in [0, 0.05) is 38.2 Å². The Bertz CT molecular complexity index is 840. The quantitative estimate of drug-likeness (QED) is 0.841. The molecule has 1 saturated carbocycles. The maximum Gasteiger partial charge on any atom is 0.252 e. The third-order valence-electron chi connectivity index (χ3n) is 6.51. The van der Waals surface area contributed by atoms with Gasteiger partial charge in [0.1, 0.15) is 5.82 Å². The van der Waals surface area contributed by atoms with Crippen LogP contribution in [-0.2, 0) is 13.0 Å². The van der Waals surface area contributed by atoms with Crippen LogP contribution in [0.2, 0.25) is 0 Å². The third-order valence-corrected chi connectivity index (χ3v) is 6.51.